The number of amides is 2. The first-order chi connectivity index (χ1) is 5.33. The van der Waals surface area contributed by atoms with Gasteiger partial charge in [-0.15, -0.1) is 4.83 Å². The highest BCUT2D eigenvalue weighted by atomic mass is 32.2. The molecular weight excluding hydrogens is 206 g/mol. The molecule has 0 saturated carbocycles. The fourth-order valence-corrected chi connectivity index (χ4v) is 1.16. The van der Waals surface area contributed by atoms with Crippen LogP contribution < -0.4 is 26.4 Å². The highest BCUT2D eigenvalue weighted by Gasteiger charge is 2.09. The van der Waals surface area contributed by atoms with Gasteiger partial charge in [0.15, 0.2) is 5.11 Å². The second-order valence-electron chi connectivity index (χ2n) is 1.56. The van der Waals surface area contributed by atoms with E-state index in [9.17, 15) is 13.2 Å². The molecule has 12 heavy (non-hydrogen) atoms. The average Bonchev–Trinajstić information content (AvgIpc) is 1.81. The van der Waals surface area contributed by atoms with E-state index in [1.54, 1.807) is 15.0 Å². The highest BCUT2D eigenvalue weighted by Crippen LogP contribution is 1.71. The van der Waals surface area contributed by atoms with E-state index in [1.807, 2.05) is 0 Å². The van der Waals surface area contributed by atoms with Gasteiger partial charge in [-0.1, -0.05) is 0 Å². The van der Waals surface area contributed by atoms with Crippen LogP contribution >= 0.6 is 12.2 Å². The summed E-state index contributed by atoms with van der Waals surface area (Å²) in [6.45, 7) is 0. The fraction of sp³-hybridized carbons (Fsp3) is 0. The van der Waals surface area contributed by atoms with Crippen molar-refractivity contribution in [2.24, 2.45) is 11.5 Å². The molecule has 0 aromatic rings. The van der Waals surface area contributed by atoms with Gasteiger partial charge in [0, 0.05) is 0 Å². The van der Waals surface area contributed by atoms with Crippen LogP contribution in [0.3, 0.4) is 0 Å². The third-order valence-electron chi connectivity index (χ3n) is 0.544. The molecular formula is C2H7N5O3S2. The molecule has 0 aliphatic heterocycles. The van der Waals surface area contributed by atoms with Crippen LogP contribution in [-0.2, 0) is 10.2 Å². The number of rotatable bonds is 3. The van der Waals surface area contributed by atoms with Gasteiger partial charge in [0.2, 0.25) is 0 Å². The maximum absolute atomic E-state index is 10.7. The molecule has 0 heterocycles. The van der Waals surface area contributed by atoms with Crippen molar-refractivity contribution in [1.29, 1.82) is 0 Å². The Morgan fingerprint density at radius 1 is 1.33 bits per heavy atom. The molecule has 7 N–H and O–H groups in total. The van der Waals surface area contributed by atoms with Crippen molar-refractivity contribution in [1.82, 2.24) is 15.0 Å². The number of nitrogens with one attached hydrogen (secondary N) is 3. The van der Waals surface area contributed by atoms with Gasteiger partial charge in [-0.05, 0) is 12.2 Å². The van der Waals surface area contributed by atoms with E-state index in [-0.39, 0.29) is 0 Å². The lowest BCUT2D eigenvalue weighted by molar-refractivity contribution is 0.247. The number of hydrogen-bond donors (Lipinski definition) is 5. The van der Waals surface area contributed by atoms with Crippen molar-refractivity contribution < 1.29 is 13.2 Å². The van der Waals surface area contributed by atoms with Crippen LogP contribution in [0.1, 0.15) is 0 Å². The molecule has 0 fully saturated rings. The first-order valence-electron chi connectivity index (χ1n) is 2.48. The van der Waals surface area contributed by atoms with E-state index in [4.69, 9.17) is 5.73 Å². The number of carbonyl (C=O) groups is 1. The Kier molecular flexibility index (Phi) is 3.66. The zero-order valence-corrected chi connectivity index (χ0v) is 7.33. The molecule has 0 radical (unpaired) electrons. The maximum atomic E-state index is 10.7. The molecule has 2 amide bonds. The van der Waals surface area contributed by atoms with Gasteiger partial charge >= 0.3 is 16.2 Å². The highest BCUT2D eigenvalue weighted by molar-refractivity contribution is 7.90. The monoisotopic (exact) mass is 213 g/mol. The summed E-state index contributed by atoms with van der Waals surface area (Å²) in [4.78, 5) is 11.6. The van der Waals surface area contributed by atoms with Crippen LogP contribution in [0.15, 0.2) is 0 Å². The predicted octanol–water partition coefficient (Wildman–Crippen LogP) is -2.76. The van der Waals surface area contributed by atoms with Crippen LogP contribution in [0.2, 0.25) is 0 Å². The predicted molar refractivity (Wildman–Crippen MR) is 44.7 cm³/mol. The third-order valence-corrected chi connectivity index (χ3v) is 1.63. The summed E-state index contributed by atoms with van der Waals surface area (Å²) in [5.74, 6) is 0. The topological polar surface area (TPSA) is 139 Å². The number of carbonyl (C=O) groups excluding carboxylic acids is 1. The molecule has 0 atom stereocenters. The smallest absolute Gasteiger partial charge is 0.327 e. The number of thiocarbonyl (C=S) groups is 1. The third kappa shape index (κ3) is 5.64. The van der Waals surface area contributed by atoms with Crippen molar-refractivity contribution in [3.05, 3.63) is 0 Å². The summed E-state index contributed by atoms with van der Waals surface area (Å²) >= 11 is 4.23. The minimum Gasteiger partial charge on any atom is -0.375 e. The summed E-state index contributed by atoms with van der Waals surface area (Å²) in [5, 5.41) is -0.450. The zero-order chi connectivity index (χ0) is 9.78. The van der Waals surface area contributed by atoms with Gasteiger partial charge in [-0.2, -0.15) is 8.42 Å². The van der Waals surface area contributed by atoms with E-state index in [1.165, 1.54) is 0 Å². The van der Waals surface area contributed by atoms with Gasteiger partial charge < -0.3 is 11.5 Å². The van der Waals surface area contributed by atoms with Gasteiger partial charge in [0.25, 0.3) is 0 Å². The second-order valence-corrected chi connectivity index (χ2v) is 3.42. The molecule has 0 aliphatic carbocycles. The Balaban J connectivity index is 4.06. The maximum Gasteiger partial charge on any atom is 0.327 e. The van der Waals surface area contributed by atoms with Crippen molar-refractivity contribution >= 4 is 33.6 Å². The Hall–Kier alpha value is -1.13. The Bertz CT molecular complexity index is 283. The first-order valence-corrected chi connectivity index (χ1v) is 4.37. The molecule has 10 heteroatoms. The Labute approximate surface area is 73.8 Å². The average molecular weight is 213 g/mol. The van der Waals surface area contributed by atoms with E-state index >= 15 is 0 Å². The minimum absolute atomic E-state index is 0.450. The van der Waals surface area contributed by atoms with Crippen molar-refractivity contribution in [3.8, 4) is 0 Å². The lowest BCUT2D eigenvalue weighted by atomic mass is 11.2. The molecule has 0 aromatic heterocycles. The van der Waals surface area contributed by atoms with Crippen LogP contribution in [0.25, 0.3) is 0 Å². The van der Waals surface area contributed by atoms with E-state index in [0.29, 0.717) is 0 Å². The van der Waals surface area contributed by atoms with Gasteiger partial charge in [-0.3, -0.25) is 5.43 Å². The van der Waals surface area contributed by atoms with Crippen molar-refractivity contribution in [3.63, 3.8) is 0 Å². The number of hydrogen-bond acceptors (Lipinski definition) is 4. The van der Waals surface area contributed by atoms with Gasteiger partial charge in [-0.25, -0.2) is 9.52 Å². The lowest BCUT2D eigenvalue weighted by Gasteiger charge is -2.06. The van der Waals surface area contributed by atoms with Crippen LogP contribution in [0, 0.1) is 0 Å². The number of nitrogens with two attached hydrogens (primary N) is 2. The number of hydrazine groups is 1. The zero-order valence-electron chi connectivity index (χ0n) is 5.70. The largest absolute Gasteiger partial charge is 0.375 e. The molecule has 0 unspecified atom stereocenters. The molecule has 0 aromatic carbocycles. The lowest BCUT2D eigenvalue weighted by Crippen LogP contribution is -2.51. The minimum atomic E-state index is -3.95. The van der Waals surface area contributed by atoms with Gasteiger partial charge in [0.05, 0.1) is 0 Å². The summed E-state index contributed by atoms with van der Waals surface area (Å²) in [5.41, 5.74) is 11.0. The van der Waals surface area contributed by atoms with Crippen molar-refractivity contribution in [2.75, 3.05) is 0 Å². The number of primary amides is 1. The van der Waals surface area contributed by atoms with Crippen molar-refractivity contribution in [2.45, 2.75) is 0 Å². The standard InChI is InChI=1S/C2H7N5O3S2/c3-1(8)5-7-12(9,10)6-2(4)11/h7H,(H3,3,5,8)(H3,4,6,11). The quantitative estimate of drug-likeness (QED) is 0.255. The van der Waals surface area contributed by atoms with E-state index in [0.717, 1.165) is 0 Å². The molecule has 70 valence electrons. The Morgan fingerprint density at radius 2 is 1.83 bits per heavy atom. The van der Waals surface area contributed by atoms with E-state index < -0.39 is 21.4 Å². The molecule has 8 nitrogen and oxygen atoms in total. The normalized spacial score (nSPS) is 10.3. The summed E-state index contributed by atoms with van der Waals surface area (Å²) in [7, 11) is -3.95. The van der Waals surface area contributed by atoms with Crippen LogP contribution in [0.5, 0.6) is 0 Å². The molecule has 0 rings (SSSR count). The van der Waals surface area contributed by atoms with Crippen LogP contribution in [-0.4, -0.2) is 19.6 Å². The van der Waals surface area contributed by atoms with Gasteiger partial charge in [0.1, 0.15) is 0 Å². The summed E-state index contributed by atoms with van der Waals surface area (Å²) in [6.07, 6.45) is 0. The number of urea groups is 1. The molecule has 0 spiro atoms. The van der Waals surface area contributed by atoms with Crippen LogP contribution in [0.4, 0.5) is 4.79 Å². The molecule has 0 aliphatic rings. The van der Waals surface area contributed by atoms with E-state index in [2.05, 4.69) is 18.0 Å². The Morgan fingerprint density at radius 3 is 2.17 bits per heavy atom. The summed E-state index contributed by atoms with van der Waals surface area (Å²) < 4.78 is 23.0. The summed E-state index contributed by atoms with van der Waals surface area (Å²) in [6, 6.07) is -1.05. The second kappa shape index (κ2) is 4.04. The fourth-order valence-electron chi connectivity index (χ4n) is 0.275. The molecule has 0 saturated heterocycles. The molecule has 0 bridgehead atoms. The SMILES string of the molecule is NC(=O)NNS(=O)(=O)NC(N)=S. The first kappa shape index (κ1) is 10.9.